The van der Waals surface area contributed by atoms with Crippen LogP contribution in [0.3, 0.4) is 0 Å². The molecule has 2 aromatic rings. The summed E-state index contributed by atoms with van der Waals surface area (Å²) in [5.74, 6) is -0.124. The average Bonchev–Trinajstić information content (AvgIpc) is 2.42. The highest BCUT2D eigenvalue weighted by atomic mass is 79.9. The molecule has 2 aromatic carbocycles. The van der Waals surface area contributed by atoms with E-state index in [0.717, 1.165) is 34.0 Å². The fourth-order valence-corrected chi connectivity index (χ4v) is 2.44. The Morgan fingerprint density at radius 3 is 2.42 bits per heavy atom. The van der Waals surface area contributed by atoms with Crippen LogP contribution in [0.25, 0.3) is 17.2 Å². The van der Waals surface area contributed by atoms with Crippen LogP contribution in [-0.2, 0) is 6.42 Å². The van der Waals surface area contributed by atoms with Gasteiger partial charge >= 0.3 is 0 Å². The van der Waals surface area contributed by atoms with E-state index in [9.17, 15) is 4.39 Å². The molecule has 0 saturated heterocycles. The second kappa shape index (κ2) is 6.16. The summed E-state index contributed by atoms with van der Waals surface area (Å²) in [5, 5.41) is 0. The monoisotopic (exact) mass is 318 g/mol. The third-order valence-electron chi connectivity index (χ3n) is 3.13. The predicted molar refractivity (Wildman–Crippen MR) is 83.6 cm³/mol. The van der Waals surface area contributed by atoms with E-state index in [-0.39, 0.29) is 5.82 Å². The van der Waals surface area contributed by atoms with Gasteiger partial charge in [-0.3, -0.25) is 0 Å². The molecule has 0 aliphatic heterocycles. The fourth-order valence-electron chi connectivity index (χ4n) is 2.18. The van der Waals surface area contributed by atoms with Crippen molar-refractivity contribution in [3.8, 4) is 11.1 Å². The van der Waals surface area contributed by atoms with Crippen molar-refractivity contribution >= 4 is 22.0 Å². The molecule has 0 aromatic heterocycles. The van der Waals surface area contributed by atoms with Crippen molar-refractivity contribution < 1.29 is 4.39 Å². The van der Waals surface area contributed by atoms with Gasteiger partial charge in [0.15, 0.2) is 0 Å². The first kappa shape index (κ1) is 14.0. The van der Waals surface area contributed by atoms with Gasteiger partial charge in [0, 0.05) is 10.0 Å². The van der Waals surface area contributed by atoms with Crippen molar-refractivity contribution in [2.75, 3.05) is 0 Å². The minimum Gasteiger partial charge on any atom is -0.206 e. The van der Waals surface area contributed by atoms with Gasteiger partial charge in [-0.05, 0) is 35.2 Å². The summed E-state index contributed by atoms with van der Waals surface area (Å²) in [4.78, 5) is 0. The van der Waals surface area contributed by atoms with Crippen LogP contribution in [0, 0.1) is 5.82 Å². The van der Waals surface area contributed by atoms with Gasteiger partial charge in [-0.15, -0.1) is 0 Å². The fraction of sp³-hybridized carbons (Fsp3) is 0.176. The van der Waals surface area contributed by atoms with Crippen molar-refractivity contribution in [3.05, 3.63) is 64.4 Å². The normalized spacial score (nSPS) is 10.5. The average molecular weight is 319 g/mol. The maximum absolute atomic E-state index is 14.6. The van der Waals surface area contributed by atoms with E-state index in [1.807, 2.05) is 36.4 Å². The SMILES string of the molecule is C=Cc1ccc(CCC)c(F)c1-c1ccc(Br)cc1. The highest BCUT2D eigenvalue weighted by Crippen LogP contribution is 2.31. The van der Waals surface area contributed by atoms with E-state index in [2.05, 4.69) is 29.4 Å². The maximum Gasteiger partial charge on any atom is 0.134 e. The van der Waals surface area contributed by atoms with E-state index in [1.54, 1.807) is 6.08 Å². The zero-order valence-electron chi connectivity index (χ0n) is 10.9. The first-order chi connectivity index (χ1) is 9.17. The summed E-state index contributed by atoms with van der Waals surface area (Å²) in [7, 11) is 0. The van der Waals surface area contributed by atoms with Crippen molar-refractivity contribution in [2.24, 2.45) is 0 Å². The second-order valence-electron chi connectivity index (χ2n) is 4.46. The zero-order valence-corrected chi connectivity index (χ0v) is 12.5. The van der Waals surface area contributed by atoms with E-state index in [0.29, 0.717) is 5.56 Å². The molecule has 0 aliphatic carbocycles. The summed E-state index contributed by atoms with van der Waals surface area (Å²) in [6, 6.07) is 11.5. The third kappa shape index (κ3) is 2.95. The molecule has 0 nitrogen and oxygen atoms in total. The van der Waals surface area contributed by atoms with Crippen molar-refractivity contribution in [1.82, 2.24) is 0 Å². The van der Waals surface area contributed by atoms with Crippen LogP contribution in [0.5, 0.6) is 0 Å². The Labute approximate surface area is 122 Å². The quantitative estimate of drug-likeness (QED) is 0.663. The lowest BCUT2D eigenvalue weighted by atomic mass is 9.95. The Morgan fingerprint density at radius 2 is 1.84 bits per heavy atom. The summed E-state index contributed by atoms with van der Waals surface area (Å²) in [6.07, 6.45) is 3.40. The van der Waals surface area contributed by atoms with Gasteiger partial charge in [0.1, 0.15) is 5.82 Å². The van der Waals surface area contributed by atoms with Gasteiger partial charge < -0.3 is 0 Å². The van der Waals surface area contributed by atoms with Crippen LogP contribution in [-0.4, -0.2) is 0 Å². The van der Waals surface area contributed by atoms with E-state index < -0.39 is 0 Å². The van der Waals surface area contributed by atoms with Crippen molar-refractivity contribution in [1.29, 1.82) is 0 Å². The molecule has 0 saturated carbocycles. The standard InChI is InChI=1S/C17H16BrF/c1-3-5-14-7-6-12(4-2)16(17(14)19)13-8-10-15(18)11-9-13/h4,6-11H,2-3,5H2,1H3. The van der Waals surface area contributed by atoms with Crippen molar-refractivity contribution in [2.45, 2.75) is 19.8 Å². The largest absolute Gasteiger partial charge is 0.206 e. The molecule has 0 radical (unpaired) electrons. The number of rotatable bonds is 4. The number of hydrogen-bond donors (Lipinski definition) is 0. The minimum atomic E-state index is -0.124. The first-order valence-corrected chi connectivity index (χ1v) is 7.16. The van der Waals surface area contributed by atoms with Gasteiger partial charge in [0.25, 0.3) is 0 Å². The number of hydrogen-bond acceptors (Lipinski definition) is 0. The smallest absolute Gasteiger partial charge is 0.134 e. The number of benzene rings is 2. The summed E-state index contributed by atoms with van der Waals surface area (Å²) in [6.45, 7) is 5.83. The molecule has 0 fully saturated rings. The van der Waals surface area contributed by atoms with Gasteiger partial charge in [-0.2, -0.15) is 0 Å². The van der Waals surface area contributed by atoms with Crippen LogP contribution in [0.1, 0.15) is 24.5 Å². The molecular formula is C17H16BrF. The highest BCUT2D eigenvalue weighted by molar-refractivity contribution is 9.10. The van der Waals surface area contributed by atoms with Gasteiger partial charge in [-0.25, -0.2) is 4.39 Å². The van der Waals surface area contributed by atoms with E-state index >= 15 is 0 Å². The highest BCUT2D eigenvalue weighted by Gasteiger charge is 2.13. The van der Waals surface area contributed by atoms with Gasteiger partial charge in [0.2, 0.25) is 0 Å². The zero-order chi connectivity index (χ0) is 13.8. The Morgan fingerprint density at radius 1 is 1.16 bits per heavy atom. The van der Waals surface area contributed by atoms with E-state index in [4.69, 9.17) is 0 Å². The third-order valence-corrected chi connectivity index (χ3v) is 3.65. The molecule has 0 amide bonds. The molecule has 0 atom stereocenters. The van der Waals surface area contributed by atoms with Gasteiger partial charge in [0.05, 0.1) is 0 Å². The molecule has 98 valence electrons. The Balaban J connectivity index is 2.61. The molecule has 0 N–H and O–H groups in total. The summed E-state index contributed by atoms with van der Waals surface area (Å²) >= 11 is 3.40. The Kier molecular flexibility index (Phi) is 4.54. The summed E-state index contributed by atoms with van der Waals surface area (Å²) < 4.78 is 15.6. The topological polar surface area (TPSA) is 0 Å². The number of aryl methyl sites for hydroxylation is 1. The maximum atomic E-state index is 14.6. The summed E-state index contributed by atoms with van der Waals surface area (Å²) in [5.41, 5.74) is 3.13. The van der Waals surface area contributed by atoms with Crippen LogP contribution in [0.15, 0.2) is 47.4 Å². The first-order valence-electron chi connectivity index (χ1n) is 6.37. The molecule has 19 heavy (non-hydrogen) atoms. The van der Waals surface area contributed by atoms with Gasteiger partial charge in [-0.1, -0.05) is 66.2 Å². The molecule has 2 heteroatoms. The predicted octanol–water partition coefficient (Wildman–Crippen LogP) is 5.85. The molecule has 2 rings (SSSR count). The number of halogens is 2. The molecule has 0 unspecified atom stereocenters. The van der Waals surface area contributed by atoms with E-state index in [1.165, 1.54) is 0 Å². The lowest BCUT2D eigenvalue weighted by molar-refractivity contribution is 0.610. The van der Waals surface area contributed by atoms with Crippen molar-refractivity contribution in [3.63, 3.8) is 0 Å². The molecule has 0 heterocycles. The Bertz CT molecular complexity index is 585. The molecule has 0 aliphatic rings. The molecule has 0 spiro atoms. The Hall–Kier alpha value is -1.41. The molecule has 0 bridgehead atoms. The minimum absolute atomic E-state index is 0.124. The molecular weight excluding hydrogens is 303 g/mol. The lowest BCUT2D eigenvalue weighted by Crippen LogP contribution is -1.96. The van der Waals surface area contributed by atoms with Crippen LogP contribution >= 0.6 is 15.9 Å². The second-order valence-corrected chi connectivity index (χ2v) is 5.38. The van der Waals surface area contributed by atoms with Crippen LogP contribution < -0.4 is 0 Å². The lowest BCUT2D eigenvalue weighted by Gasteiger charge is -2.12. The van der Waals surface area contributed by atoms with Crippen LogP contribution in [0.4, 0.5) is 4.39 Å². The van der Waals surface area contributed by atoms with Crippen LogP contribution in [0.2, 0.25) is 0 Å².